The molecule has 0 unspecified atom stereocenters. The van der Waals surface area contributed by atoms with Crippen molar-refractivity contribution in [1.82, 2.24) is 4.98 Å². The van der Waals surface area contributed by atoms with Gasteiger partial charge in [-0.3, -0.25) is 4.98 Å². The summed E-state index contributed by atoms with van der Waals surface area (Å²) in [4.78, 5) is 6.49. The summed E-state index contributed by atoms with van der Waals surface area (Å²) in [5.74, 6) is 0. The average molecular weight is 555 g/mol. The molecule has 4 aromatic carbocycles. The van der Waals surface area contributed by atoms with Crippen LogP contribution in [-0.4, -0.2) is 4.98 Å². The third-order valence-corrected chi connectivity index (χ3v) is 7.76. The Labute approximate surface area is 255 Å². The van der Waals surface area contributed by atoms with Crippen LogP contribution in [0.1, 0.15) is 23.6 Å². The standard InChI is InChI=1S/C41H34N2/c1-3-12-41(40-20-10-9-14-32-13-7-8-15-35(32)29-31(40)2)34-21-23-38(24-22-34)43(37-17-5-4-6-18-37)39-19-11-16-36(30-39)33-25-27-42-28-26-33/h3-28,30H,1,29H2,2H3/b14-9+,20-10?,40-31?,41-12-. The van der Waals surface area contributed by atoms with E-state index in [1.54, 1.807) is 0 Å². The zero-order valence-corrected chi connectivity index (χ0v) is 24.4. The molecule has 0 saturated heterocycles. The second kappa shape index (κ2) is 13.0. The highest BCUT2D eigenvalue weighted by Gasteiger charge is 2.16. The molecule has 0 N–H and O–H groups in total. The number of pyridine rings is 1. The van der Waals surface area contributed by atoms with E-state index < -0.39 is 0 Å². The van der Waals surface area contributed by atoms with E-state index in [2.05, 4.69) is 157 Å². The molecule has 0 aliphatic heterocycles. The van der Waals surface area contributed by atoms with Crippen molar-refractivity contribution in [3.8, 4) is 11.1 Å². The Kier molecular flexibility index (Phi) is 8.38. The zero-order chi connectivity index (χ0) is 29.4. The third kappa shape index (κ3) is 6.24. The highest BCUT2D eigenvalue weighted by molar-refractivity contribution is 5.86. The molecule has 43 heavy (non-hydrogen) atoms. The maximum Gasteiger partial charge on any atom is 0.0467 e. The van der Waals surface area contributed by atoms with E-state index in [1.165, 1.54) is 22.3 Å². The van der Waals surface area contributed by atoms with Crippen molar-refractivity contribution in [2.75, 3.05) is 4.90 Å². The van der Waals surface area contributed by atoms with Gasteiger partial charge in [-0.2, -0.15) is 0 Å². The van der Waals surface area contributed by atoms with Gasteiger partial charge in [-0.15, -0.1) is 0 Å². The van der Waals surface area contributed by atoms with Crippen LogP contribution < -0.4 is 4.90 Å². The number of anilines is 3. The molecule has 2 nitrogen and oxygen atoms in total. The highest BCUT2D eigenvalue weighted by Crippen LogP contribution is 2.38. The maximum atomic E-state index is 4.19. The lowest BCUT2D eigenvalue weighted by Crippen LogP contribution is -2.10. The van der Waals surface area contributed by atoms with Crippen molar-refractivity contribution < 1.29 is 0 Å². The summed E-state index contributed by atoms with van der Waals surface area (Å²) < 4.78 is 0. The Morgan fingerprint density at radius 2 is 1.40 bits per heavy atom. The second-order valence-electron chi connectivity index (χ2n) is 10.6. The normalized spacial score (nSPS) is 13.8. The molecule has 0 atom stereocenters. The number of hydrogen-bond donors (Lipinski definition) is 0. The molecule has 1 aliphatic carbocycles. The number of para-hydroxylation sites is 1. The molecule has 0 saturated carbocycles. The molecular formula is C41H34N2. The fraction of sp³-hybridized carbons (Fsp3) is 0.0488. The van der Waals surface area contributed by atoms with Gasteiger partial charge < -0.3 is 4.90 Å². The number of allylic oxidation sites excluding steroid dienone is 8. The molecule has 1 aromatic heterocycles. The molecule has 0 radical (unpaired) electrons. The summed E-state index contributed by atoms with van der Waals surface area (Å²) in [6.07, 6.45) is 17.3. The molecule has 1 aliphatic rings. The Balaban J connectivity index is 1.39. The first-order valence-corrected chi connectivity index (χ1v) is 14.6. The van der Waals surface area contributed by atoms with Gasteiger partial charge in [-0.25, -0.2) is 0 Å². The van der Waals surface area contributed by atoms with Gasteiger partial charge >= 0.3 is 0 Å². The topological polar surface area (TPSA) is 16.1 Å². The van der Waals surface area contributed by atoms with Crippen LogP contribution in [0.15, 0.2) is 176 Å². The van der Waals surface area contributed by atoms with Crippen LogP contribution in [0.3, 0.4) is 0 Å². The van der Waals surface area contributed by atoms with Crippen molar-refractivity contribution in [2.24, 2.45) is 0 Å². The average Bonchev–Trinajstić information content (AvgIpc) is 3.14. The van der Waals surface area contributed by atoms with Crippen molar-refractivity contribution in [3.05, 3.63) is 192 Å². The van der Waals surface area contributed by atoms with Gasteiger partial charge in [-0.1, -0.05) is 115 Å². The summed E-state index contributed by atoms with van der Waals surface area (Å²) >= 11 is 0. The van der Waals surface area contributed by atoms with Gasteiger partial charge in [0.15, 0.2) is 0 Å². The number of fused-ring (bicyclic) bond motifs is 1. The van der Waals surface area contributed by atoms with Crippen LogP contribution in [0.25, 0.3) is 22.8 Å². The quantitative estimate of drug-likeness (QED) is 0.186. The molecule has 0 bridgehead atoms. The summed E-state index contributed by atoms with van der Waals surface area (Å²) in [7, 11) is 0. The molecule has 0 fully saturated rings. The SMILES string of the molecule is C=C/C=C(\C1=C(C)Cc2ccccc2/C=C/C=C1)c1ccc(N(c2ccccc2)c2cccc(-c3ccncc3)c2)cc1. The molecule has 0 spiro atoms. The minimum atomic E-state index is 0.891. The molecular weight excluding hydrogens is 520 g/mol. The lowest BCUT2D eigenvalue weighted by atomic mass is 9.90. The van der Waals surface area contributed by atoms with Crippen LogP contribution in [0.5, 0.6) is 0 Å². The lowest BCUT2D eigenvalue weighted by Gasteiger charge is -2.26. The predicted molar refractivity (Wildman–Crippen MR) is 184 cm³/mol. The number of nitrogens with zero attached hydrogens (tertiary/aromatic N) is 2. The summed E-state index contributed by atoms with van der Waals surface area (Å²) in [6, 6.07) is 40.8. The third-order valence-electron chi connectivity index (χ3n) is 7.76. The smallest absolute Gasteiger partial charge is 0.0467 e. The van der Waals surface area contributed by atoms with E-state index in [9.17, 15) is 0 Å². The fourth-order valence-electron chi connectivity index (χ4n) is 5.65. The van der Waals surface area contributed by atoms with E-state index >= 15 is 0 Å². The largest absolute Gasteiger partial charge is 0.310 e. The zero-order valence-electron chi connectivity index (χ0n) is 24.4. The van der Waals surface area contributed by atoms with Crippen LogP contribution in [0, 0.1) is 0 Å². The second-order valence-corrected chi connectivity index (χ2v) is 10.6. The Morgan fingerprint density at radius 3 is 2.19 bits per heavy atom. The Bertz CT molecular complexity index is 1840. The first-order valence-electron chi connectivity index (χ1n) is 14.6. The first kappa shape index (κ1) is 27.7. The van der Waals surface area contributed by atoms with Crippen molar-refractivity contribution in [1.29, 1.82) is 0 Å². The Hall–Kier alpha value is -5.47. The van der Waals surface area contributed by atoms with E-state index in [0.717, 1.165) is 45.7 Å². The molecule has 1 heterocycles. The van der Waals surface area contributed by atoms with Gasteiger partial charge in [0.2, 0.25) is 0 Å². The number of rotatable bonds is 7. The van der Waals surface area contributed by atoms with Gasteiger partial charge in [-0.05, 0) is 101 Å². The monoisotopic (exact) mass is 554 g/mol. The minimum Gasteiger partial charge on any atom is -0.310 e. The van der Waals surface area contributed by atoms with Crippen molar-refractivity contribution in [3.63, 3.8) is 0 Å². The minimum absolute atomic E-state index is 0.891. The van der Waals surface area contributed by atoms with Crippen LogP contribution >= 0.6 is 0 Å². The predicted octanol–water partition coefficient (Wildman–Crippen LogP) is 10.9. The maximum absolute atomic E-state index is 4.19. The van der Waals surface area contributed by atoms with E-state index in [-0.39, 0.29) is 0 Å². The lowest BCUT2D eigenvalue weighted by molar-refractivity contribution is 1.12. The molecule has 208 valence electrons. The molecule has 6 rings (SSSR count). The van der Waals surface area contributed by atoms with E-state index in [4.69, 9.17) is 0 Å². The summed E-state index contributed by atoms with van der Waals surface area (Å²) in [5, 5.41) is 0. The highest BCUT2D eigenvalue weighted by atomic mass is 15.1. The summed E-state index contributed by atoms with van der Waals surface area (Å²) in [6.45, 7) is 6.29. The van der Waals surface area contributed by atoms with E-state index in [1.807, 2.05) is 30.6 Å². The number of benzene rings is 4. The summed E-state index contributed by atoms with van der Waals surface area (Å²) in [5.41, 5.74) is 13.0. The van der Waals surface area contributed by atoms with Crippen LogP contribution in [0.2, 0.25) is 0 Å². The van der Waals surface area contributed by atoms with E-state index in [0.29, 0.717) is 0 Å². The fourth-order valence-corrected chi connectivity index (χ4v) is 5.65. The van der Waals surface area contributed by atoms with Gasteiger partial charge in [0.25, 0.3) is 0 Å². The molecule has 5 aromatic rings. The van der Waals surface area contributed by atoms with Crippen molar-refractivity contribution >= 4 is 28.7 Å². The number of hydrogen-bond acceptors (Lipinski definition) is 2. The number of aromatic nitrogens is 1. The van der Waals surface area contributed by atoms with Crippen LogP contribution in [0.4, 0.5) is 17.1 Å². The van der Waals surface area contributed by atoms with Crippen molar-refractivity contribution in [2.45, 2.75) is 13.3 Å². The molecule has 2 heteroatoms. The van der Waals surface area contributed by atoms with Crippen LogP contribution in [-0.2, 0) is 6.42 Å². The first-order chi connectivity index (χ1) is 21.2. The Morgan fingerprint density at radius 1 is 0.698 bits per heavy atom. The molecule has 0 amide bonds. The van der Waals surface area contributed by atoms with Gasteiger partial charge in [0, 0.05) is 29.5 Å². The van der Waals surface area contributed by atoms with Gasteiger partial charge in [0.05, 0.1) is 0 Å². The van der Waals surface area contributed by atoms with Gasteiger partial charge in [0.1, 0.15) is 0 Å².